The van der Waals surface area contributed by atoms with Crippen LogP contribution in [0.15, 0.2) is 11.1 Å². The highest BCUT2D eigenvalue weighted by Gasteiger charge is 2.35. The van der Waals surface area contributed by atoms with Gasteiger partial charge in [-0.15, -0.1) is 0 Å². The molecule has 0 amide bonds. The summed E-state index contributed by atoms with van der Waals surface area (Å²) in [7, 11) is -0.986. The van der Waals surface area contributed by atoms with Crippen molar-refractivity contribution in [2.45, 2.75) is 58.9 Å². The molecule has 1 nitrogen and oxygen atoms in total. The third-order valence-electron chi connectivity index (χ3n) is 3.66. The van der Waals surface area contributed by atoms with Crippen LogP contribution in [-0.2, 0) is 0 Å². The number of hydrogen-bond donors (Lipinski definition) is 0. The Balaban J connectivity index is 2.66. The molecule has 0 aromatic rings. The first-order valence-electron chi connectivity index (χ1n) is 6.19. The fraction of sp³-hybridized carbons (Fsp3) is 0.846. The van der Waals surface area contributed by atoms with Crippen molar-refractivity contribution < 1.29 is 0 Å². The molecule has 0 N–H and O–H groups in total. The van der Waals surface area contributed by atoms with Crippen molar-refractivity contribution in [2.75, 3.05) is 13.1 Å². The second kappa shape index (κ2) is 4.83. The van der Waals surface area contributed by atoms with Crippen LogP contribution in [0.3, 0.4) is 0 Å². The van der Waals surface area contributed by atoms with Crippen molar-refractivity contribution in [3.05, 3.63) is 11.1 Å². The number of likely N-dealkylation sites (tertiary alicyclic amines) is 1. The van der Waals surface area contributed by atoms with Gasteiger partial charge in [0.25, 0.3) is 0 Å². The normalized spacial score (nSPS) is 23.2. The fourth-order valence-electron chi connectivity index (χ4n) is 2.46. The topological polar surface area (TPSA) is 3.24 Å². The van der Waals surface area contributed by atoms with Gasteiger partial charge in [0.1, 0.15) is 0 Å². The molecule has 1 aliphatic rings. The zero-order valence-corrected chi connectivity index (χ0v) is 12.4. The van der Waals surface area contributed by atoms with Gasteiger partial charge in [-0.05, 0) is 40.2 Å². The predicted molar refractivity (Wildman–Crippen MR) is 72.0 cm³/mol. The molecule has 1 heterocycles. The van der Waals surface area contributed by atoms with E-state index >= 15 is 0 Å². The summed E-state index contributed by atoms with van der Waals surface area (Å²) in [5.41, 5.74) is 3.98. The highest BCUT2D eigenvalue weighted by molar-refractivity contribution is 6.77. The molecule has 1 atom stereocenters. The number of hydrogen-bond acceptors (Lipinski definition) is 1. The van der Waals surface area contributed by atoms with E-state index in [9.17, 15) is 0 Å². The molecule has 1 rings (SSSR count). The lowest BCUT2D eigenvalue weighted by molar-refractivity contribution is 0.329. The van der Waals surface area contributed by atoms with Crippen LogP contribution in [0.5, 0.6) is 0 Å². The van der Waals surface area contributed by atoms with E-state index < -0.39 is 8.07 Å². The summed E-state index contributed by atoms with van der Waals surface area (Å²) in [6.45, 7) is 16.8. The SMILES string of the molecule is CC(C)=C(C)CN1CCC[C@H]1[Si](C)(C)C. The van der Waals surface area contributed by atoms with Crippen LogP contribution >= 0.6 is 0 Å². The summed E-state index contributed by atoms with van der Waals surface area (Å²) < 4.78 is 0. The van der Waals surface area contributed by atoms with E-state index in [4.69, 9.17) is 0 Å². The largest absolute Gasteiger partial charge is 0.299 e. The fourth-order valence-corrected chi connectivity index (χ4v) is 4.84. The standard InChI is InChI=1S/C13H27NSi/c1-11(2)12(3)10-14-9-7-8-13(14)15(4,5)6/h13H,7-10H2,1-6H3/t13-/m1/s1. The molecule has 15 heavy (non-hydrogen) atoms. The minimum atomic E-state index is -0.986. The summed E-state index contributed by atoms with van der Waals surface area (Å²) >= 11 is 0. The minimum absolute atomic E-state index is 0.909. The van der Waals surface area contributed by atoms with Crippen LogP contribution in [-0.4, -0.2) is 31.7 Å². The Kier molecular flexibility index (Phi) is 4.18. The van der Waals surface area contributed by atoms with Gasteiger partial charge in [0.2, 0.25) is 0 Å². The van der Waals surface area contributed by atoms with Gasteiger partial charge >= 0.3 is 0 Å². The lowest BCUT2D eigenvalue weighted by atomic mass is 10.2. The van der Waals surface area contributed by atoms with Gasteiger partial charge in [-0.3, -0.25) is 4.90 Å². The smallest absolute Gasteiger partial charge is 0.0638 e. The van der Waals surface area contributed by atoms with Gasteiger partial charge in [0, 0.05) is 12.2 Å². The molecule has 2 heteroatoms. The molecule has 0 aliphatic carbocycles. The molecular weight excluding hydrogens is 198 g/mol. The third-order valence-corrected chi connectivity index (χ3v) is 6.31. The van der Waals surface area contributed by atoms with Crippen LogP contribution < -0.4 is 0 Å². The zero-order valence-electron chi connectivity index (χ0n) is 11.4. The molecule has 0 saturated carbocycles. The summed E-state index contributed by atoms with van der Waals surface area (Å²) in [5.74, 6) is 0. The second-order valence-corrected chi connectivity index (χ2v) is 11.7. The number of rotatable bonds is 3. The van der Waals surface area contributed by atoms with Crippen molar-refractivity contribution in [2.24, 2.45) is 0 Å². The Morgan fingerprint density at radius 3 is 2.27 bits per heavy atom. The Hall–Kier alpha value is -0.0831. The molecule has 0 aromatic heterocycles. The van der Waals surface area contributed by atoms with Gasteiger partial charge in [0.15, 0.2) is 0 Å². The average molecular weight is 225 g/mol. The van der Waals surface area contributed by atoms with E-state index in [0.717, 1.165) is 5.67 Å². The molecule has 0 spiro atoms. The minimum Gasteiger partial charge on any atom is -0.299 e. The van der Waals surface area contributed by atoms with Gasteiger partial charge in [-0.2, -0.15) is 0 Å². The Morgan fingerprint density at radius 1 is 1.20 bits per heavy atom. The number of allylic oxidation sites excluding steroid dienone is 1. The lowest BCUT2D eigenvalue weighted by Crippen LogP contribution is -2.47. The zero-order chi connectivity index (χ0) is 11.6. The molecular formula is C13H27NSi. The molecule has 0 radical (unpaired) electrons. The van der Waals surface area contributed by atoms with Gasteiger partial charge < -0.3 is 0 Å². The first-order valence-corrected chi connectivity index (χ1v) is 9.77. The highest BCUT2D eigenvalue weighted by atomic mass is 28.3. The summed E-state index contributed by atoms with van der Waals surface area (Å²) in [4.78, 5) is 2.73. The number of nitrogens with zero attached hydrogens (tertiary/aromatic N) is 1. The van der Waals surface area contributed by atoms with Gasteiger partial charge in [0.05, 0.1) is 8.07 Å². The monoisotopic (exact) mass is 225 g/mol. The molecule has 1 aliphatic heterocycles. The molecule has 88 valence electrons. The van der Waals surface area contributed by atoms with Crippen LogP contribution in [0, 0.1) is 0 Å². The quantitative estimate of drug-likeness (QED) is 0.523. The van der Waals surface area contributed by atoms with Gasteiger partial charge in [-0.25, -0.2) is 0 Å². The Bertz CT molecular complexity index is 246. The van der Waals surface area contributed by atoms with Crippen molar-refractivity contribution in [3.8, 4) is 0 Å². The Morgan fingerprint density at radius 2 is 1.80 bits per heavy atom. The van der Waals surface area contributed by atoms with Crippen molar-refractivity contribution in [3.63, 3.8) is 0 Å². The Labute approximate surface area is 96.6 Å². The molecule has 0 unspecified atom stereocenters. The van der Waals surface area contributed by atoms with E-state index in [1.165, 1.54) is 31.5 Å². The maximum atomic E-state index is 2.73. The highest BCUT2D eigenvalue weighted by Crippen LogP contribution is 2.26. The first kappa shape index (κ1) is 13.0. The average Bonchev–Trinajstić information content (AvgIpc) is 2.50. The van der Waals surface area contributed by atoms with E-state index in [0.29, 0.717) is 0 Å². The van der Waals surface area contributed by atoms with E-state index in [-0.39, 0.29) is 0 Å². The van der Waals surface area contributed by atoms with E-state index in [1.54, 1.807) is 5.57 Å². The van der Waals surface area contributed by atoms with E-state index in [2.05, 4.69) is 45.3 Å². The van der Waals surface area contributed by atoms with Crippen molar-refractivity contribution >= 4 is 8.07 Å². The summed E-state index contributed by atoms with van der Waals surface area (Å²) in [6.07, 6.45) is 2.84. The maximum Gasteiger partial charge on any atom is 0.0638 e. The predicted octanol–water partition coefficient (Wildman–Crippen LogP) is 3.68. The van der Waals surface area contributed by atoms with Crippen molar-refractivity contribution in [1.29, 1.82) is 0 Å². The molecule has 0 bridgehead atoms. The van der Waals surface area contributed by atoms with Crippen LogP contribution in [0.25, 0.3) is 0 Å². The van der Waals surface area contributed by atoms with Crippen LogP contribution in [0.4, 0.5) is 0 Å². The maximum absolute atomic E-state index is 2.73. The first-order chi connectivity index (χ1) is 6.82. The van der Waals surface area contributed by atoms with E-state index in [1.807, 2.05) is 0 Å². The summed E-state index contributed by atoms with van der Waals surface area (Å²) in [5, 5.41) is 0. The second-order valence-electron chi connectivity index (χ2n) is 6.27. The lowest BCUT2D eigenvalue weighted by Gasteiger charge is -2.34. The molecule has 1 fully saturated rings. The van der Waals surface area contributed by atoms with Gasteiger partial charge in [-0.1, -0.05) is 30.8 Å². The molecule has 1 saturated heterocycles. The van der Waals surface area contributed by atoms with Crippen LogP contribution in [0.1, 0.15) is 33.6 Å². The van der Waals surface area contributed by atoms with Crippen molar-refractivity contribution in [1.82, 2.24) is 4.90 Å². The van der Waals surface area contributed by atoms with Crippen LogP contribution in [0.2, 0.25) is 19.6 Å². The molecule has 0 aromatic carbocycles. The summed E-state index contributed by atoms with van der Waals surface area (Å²) in [6, 6.07) is 0. The third kappa shape index (κ3) is 3.46.